The maximum Gasteiger partial charge on any atom is 0.291 e. The second-order valence-corrected chi connectivity index (χ2v) is 7.17. The van der Waals surface area contributed by atoms with Gasteiger partial charge in [-0.15, -0.1) is 0 Å². The molecule has 0 saturated carbocycles. The summed E-state index contributed by atoms with van der Waals surface area (Å²) in [7, 11) is 0. The molecular formula is C21H20ClN3O3. The summed E-state index contributed by atoms with van der Waals surface area (Å²) in [6, 6.07) is 14.6. The van der Waals surface area contributed by atoms with Gasteiger partial charge in [0.15, 0.2) is 5.76 Å². The van der Waals surface area contributed by atoms with E-state index in [0.717, 1.165) is 24.2 Å². The predicted octanol–water partition coefficient (Wildman–Crippen LogP) is 4.01. The molecule has 0 bridgehead atoms. The van der Waals surface area contributed by atoms with Gasteiger partial charge in [-0.2, -0.15) is 0 Å². The third kappa shape index (κ3) is 3.68. The van der Waals surface area contributed by atoms with Crippen LogP contribution in [0.2, 0.25) is 5.02 Å². The van der Waals surface area contributed by atoms with Crippen LogP contribution in [0.5, 0.6) is 0 Å². The van der Waals surface area contributed by atoms with E-state index in [1.807, 2.05) is 41.3 Å². The number of hydrogen-bond acceptors (Lipinski definition) is 4. The molecule has 1 aromatic heterocycles. The molecule has 144 valence electrons. The van der Waals surface area contributed by atoms with Crippen LogP contribution in [0, 0.1) is 0 Å². The van der Waals surface area contributed by atoms with Gasteiger partial charge in [-0.05, 0) is 30.3 Å². The van der Waals surface area contributed by atoms with E-state index in [1.54, 1.807) is 19.1 Å². The number of rotatable bonds is 3. The number of nitrogens with one attached hydrogen (secondary N) is 1. The van der Waals surface area contributed by atoms with Crippen molar-refractivity contribution in [1.82, 2.24) is 4.90 Å². The molecule has 0 spiro atoms. The van der Waals surface area contributed by atoms with Crippen molar-refractivity contribution in [3.8, 4) is 0 Å². The fourth-order valence-corrected chi connectivity index (χ4v) is 3.69. The summed E-state index contributed by atoms with van der Waals surface area (Å²) >= 11 is 6.46. The molecule has 1 aliphatic rings. The number of nitrogens with zero attached hydrogens (tertiary/aromatic N) is 2. The molecule has 1 fully saturated rings. The van der Waals surface area contributed by atoms with Gasteiger partial charge in [0.25, 0.3) is 5.91 Å². The fraction of sp³-hybridized carbons (Fsp3) is 0.238. The van der Waals surface area contributed by atoms with E-state index in [-0.39, 0.29) is 17.6 Å². The molecule has 1 N–H and O–H groups in total. The Morgan fingerprint density at radius 1 is 1.04 bits per heavy atom. The monoisotopic (exact) mass is 397 g/mol. The van der Waals surface area contributed by atoms with E-state index in [9.17, 15) is 9.59 Å². The van der Waals surface area contributed by atoms with Crippen molar-refractivity contribution >= 4 is 45.8 Å². The summed E-state index contributed by atoms with van der Waals surface area (Å²) in [5.74, 6) is 0.0197. The Kier molecular flexibility index (Phi) is 4.96. The molecule has 2 heterocycles. The second-order valence-electron chi connectivity index (χ2n) is 6.76. The number of fused-ring (bicyclic) bond motifs is 1. The maximum absolute atomic E-state index is 12.5. The zero-order chi connectivity index (χ0) is 19.7. The Morgan fingerprint density at radius 2 is 1.79 bits per heavy atom. The Labute approximate surface area is 167 Å². The van der Waals surface area contributed by atoms with Crippen LogP contribution < -0.4 is 10.2 Å². The fourth-order valence-electron chi connectivity index (χ4n) is 3.39. The molecule has 2 amide bonds. The molecule has 0 unspecified atom stereocenters. The minimum atomic E-state index is -0.324. The smallest absolute Gasteiger partial charge is 0.291 e. The first kappa shape index (κ1) is 18.4. The maximum atomic E-state index is 12.5. The molecule has 1 saturated heterocycles. The van der Waals surface area contributed by atoms with E-state index in [1.165, 1.54) is 0 Å². The molecule has 6 nitrogen and oxygen atoms in total. The number of benzene rings is 2. The molecular weight excluding hydrogens is 378 g/mol. The minimum Gasteiger partial charge on any atom is -0.451 e. The zero-order valence-corrected chi connectivity index (χ0v) is 16.2. The number of amides is 2. The lowest BCUT2D eigenvalue weighted by atomic mass is 10.2. The van der Waals surface area contributed by atoms with E-state index >= 15 is 0 Å². The average molecular weight is 398 g/mol. The molecule has 0 aliphatic carbocycles. The highest BCUT2D eigenvalue weighted by molar-refractivity contribution is 6.33. The number of halogens is 1. The Bertz CT molecular complexity index is 1010. The van der Waals surface area contributed by atoms with Crippen LogP contribution >= 0.6 is 11.6 Å². The molecule has 3 aromatic rings. The van der Waals surface area contributed by atoms with E-state index in [2.05, 4.69) is 10.2 Å². The topological polar surface area (TPSA) is 65.8 Å². The molecule has 28 heavy (non-hydrogen) atoms. The normalized spacial score (nSPS) is 14.4. The van der Waals surface area contributed by atoms with E-state index in [0.29, 0.717) is 29.4 Å². The number of hydrogen-bond donors (Lipinski definition) is 1. The molecule has 2 aromatic carbocycles. The number of anilines is 2. The van der Waals surface area contributed by atoms with Crippen LogP contribution in [0.4, 0.5) is 11.4 Å². The first-order valence-electron chi connectivity index (χ1n) is 9.11. The minimum absolute atomic E-state index is 0.0920. The first-order chi connectivity index (χ1) is 13.5. The predicted molar refractivity (Wildman–Crippen MR) is 110 cm³/mol. The third-order valence-corrected chi connectivity index (χ3v) is 5.22. The van der Waals surface area contributed by atoms with Crippen LogP contribution in [-0.4, -0.2) is 42.9 Å². The SMILES string of the molecule is CC(=O)N1CCN(c2ccc(NC(=O)c3cc4ccccc4o3)cc2Cl)CC1. The lowest BCUT2D eigenvalue weighted by Gasteiger charge is -2.36. The van der Waals surface area contributed by atoms with Crippen molar-refractivity contribution in [2.45, 2.75) is 6.92 Å². The van der Waals surface area contributed by atoms with Gasteiger partial charge in [-0.25, -0.2) is 0 Å². The van der Waals surface area contributed by atoms with Crippen molar-refractivity contribution in [2.75, 3.05) is 36.4 Å². The lowest BCUT2D eigenvalue weighted by molar-refractivity contribution is -0.129. The van der Waals surface area contributed by atoms with Crippen LogP contribution in [0.25, 0.3) is 11.0 Å². The number of carbonyl (C=O) groups excluding carboxylic acids is 2. The van der Waals surface area contributed by atoms with Gasteiger partial charge in [0.1, 0.15) is 5.58 Å². The van der Waals surface area contributed by atoms with Crippen LogP contribution in [0.15, 0.2) is 52.9 Å². The van der Waals surface area contributed by atoms with Gasteiger partial charge in [-0.3, -0.25) is 9.59 Å². The molecule has 4 rings (SSSR count). The Hall–Kier alpha value is -2.99. The van der Waals surface area contributed by atoms with Crippen LogP contribution in [0.1, 0.15) is 17.5 Å². The summed E-state index contributed by atoms with van der Waals surface area (Å²) < 4.78 is 5.60. The highest BCUT2D eigenvalue weighted by atomic mass is 35.5. The standard InChI is InChI=1S/C21H20ClN3O3/c1-14(26)24-8-10-25(11-9-24)18-7-6-16(13-17(18)22)23-21(27)20-12-15-4-2-3-5-19(15)28-20/h2-7,12-13H,8-11H2,1H3,(H,23,27). The van der Waals surface area contributed by atoms with Gasteiger partial charge in [0.2, 0.25) is 5.91 Å². The van der Waals surface area contributed by atoms with E-state index < -0.39 is 0 Å². The average Bonchev–Trinajstić information content (AvgIpc) is 3.13. The van der Waals surface area contributed by atoms with Crippen LogP contribution in [0.3, 0.4) is 0 Å². The summed E-state index contributed by atoms with van der Waals surface area (Å²) in [4.78, 5) is 27.9. The van der Waals surface area contributed by atoms with Crippen molar-refractivity contribution in [1.29, 1.82) is 0 Å². The van der Waals surface area contributed by atoms with Crippen LogP contribution in [-0.2, 0) is 4.79 Å². The highest BCUT2D eigenvalue weighted by Gasteiger charge is 2.21. The summed E-state index contributed by atoms with van der Waals surface area (Å²) in [6.45, 7) is 4.39. The largest absolute Gasteiger partial charge is 0.451 e. The molecule has 7 heteroatoms. The second kappa shape index (κ2) is 7.56. The Balaban J connectivity index is 1.45. The Morgan fingerprint density at radius 3 is 2.46 bits per heavy atom. The number of piperazine rings is 1. The summed E-state index contributed by atoms with van der Waals surface area (Å²) in [5, 5.41) is 4.26. The summed E-state index contributed by atoms with van der Waals surface area (Å²) in [6.07, 6.45) is 0. The van der Waals surface area contributed by atoms with Gasteiger partial charge in [0.05, 0.1) is 10.7 Å². The third-order valence-electron chi connectivity index (χ3n) is 4.92. The summed E-state index contributed by atoms with van der Waals surface area (Å²) in [5.41, 5.74) is 2.17. The molecule has 0 atom stereocenters. The first-order valence-corrected chi connectivity index (χ1v) is 9.49. The molecule has 0 radical (unpaired) electrons. The van der Waals surface area contributed by atoms with Crippen molar-refractivity contribution in [2.24, 2.45) is 0 Å². The van der Waals surface area contributed by atoms with Gasteiger partial charge in [-0.1, -0.05) is 29.8 Å². The quantitative estimate of drug-likeness (QED) is 0.725. The van der Waals surface area contributed by atoms with Crippen molar-refractivity contribution in [3.05, 3.63) is 59.3 Å². The van der Waals surface area contributed by atoms with Gasteiger partial charge in [0, 0.05) is 44.2 Å². The van der Waals surface area contributed by atoms with Crippen molar-refractivity contribution in [3.63, 3.8) is 0 Å². The number of carbonyl (C=O) groups is 2. The van der Waals surface area contributed by atoms with E-state index in [4.69, 9.17) is 16.0 Å². The van der Waals surface area contributed by atoms with Crippen molar-refractivity contribution < 1.29 is 14.0 Å². The van der Waals surface area contributed by atoms with Gasteiger partial charge >= 0.3 is 0 Å². The highest BCUT2D eigenvalue weighted by Crippen LogP contribution is 2.30. The lowest BCUT2D eigenvalue weighted by Crippen LogP contribution is -2.48. The zero-order valence-electron chi connectivity index (χ0n) is 15.4. The number of para-hydroxylation sites is 1. The van der Waals surface area contributed by atoms with Gasteiger partial charge < -0.3 is 19.5 Å². The number of furan rings is 1. The molecule has 1 aliphatic heterocycles.